The van der Waals surface area contributed by atoms with Crippen LogP contribution in [-0.2, 0) is 5.11 Å². The third-order valence-electron chi connectivity index (χ3n) is 3.66. The third-order valence-corrected chi connectivity index (χ3v) is 3.66. The summed E-state index contributed by atoms with van der Waals surface area (Å²) in [6.07, 6.45) is -10.5. The van der Waals surface area contributed by atoms with E-state index in [1.54, 1.807) is 12.1 Å². The minimum atomic E-state index is -5.30. The lowest BCUT2D eigenvalue weighted by Crippen LogP contribution is -2.21. The number of halogens is 6. The Morgan fingerprint density at radius 1 is 0.600 bits per heavy atom. The lowest BCUT2D eigenvalue weighted by molar-refractivity contribution is -0.287. The zero-order valence-electron chi connectivity index (χ0n) is 14.8. The summed E-state index contributed by atoms with van der Waals surface area (Å²) in [6.45, 7) is 0. The molecular weight excluding hydrogens is 418 g/mol. The Labute approximate surface area is 165 Å². The van der Waals surface area contributed by atoms with Crippen molar-refractivity contribution < 1.29 is 45.7 Å². The summed E-state index contributed by atoms with van der Waals surface area (Å²) in [5.41, 5.74) is 0.892. The number of rotatable bonds is 5. The van der Waals surface area contributed by atoms with Crippen molar-refractivity contribution in [3.63, 3.8) is 0 Å². The van der Waals surface area contributed by atoms with Crippen LogP contribution >= 0.6 is 0 Å². The average molecular weight is 429 g/mol. The normalized spacial score (nSPS) is 11.8. The maximum Gasteiger partial charge on any atom is 0.573 e. The quantitative estimate of drug-likeness (QED) is 0.407. The van der Waals surface area contributed by atoms with E-state index in [1.807, 2.05) is 0 Å². The molecule has 0 unspecified atom stereocenters. The lowest BCUT2D eigenvalue weighted by Gasteiger charge is -2.19. The van der Waals surface area contributed by atoms with E-state index in [1.165, 1.54) is 36.4 Å². The summed E-state index contributed by atoms with van der Waals surface area (Å²) in [7, 11) is 0. The van der Waals surface area contributed by atoms with E-state index in [4.69, 9.17) is 4.74 Å². The molecule has 4 nitrogen and oxygen atoms in total. The van der Waals surface area contributed by atoms with Crippen molar-refractivity contribution in [2.45, 2.75) is 12.7 Å². The summed E-state index contributed by atoms with van der Waals surface area (Å²) >= 11 is 0. The summed E-state index contributed by atoms with van der Waals surface area (Å²) < 4.78 is 89.1. The van der Waals surface area contributed by atoms with Gasteiger partial charge in [-0.05, 0) is 35.9 Å². The number of hydrogen-bond acceptors (Lipinski definition) is 3. The van der Waals surface area contributed by atoms with E-state index >= 15 is 0 Å². The van der Waals surface area contributed by atoms with Crippen LogP contribution in [0, 0.1) is 0 Å². The zero-order chi connectivity index (χ0) is 21.9. The SMILES string of the molecule is [O]c1ccc(-c2ccccc2Oc2cccc(OC(F)(F)F)c2OC(F)(F)F)cc1. The van der Waals surface area contributed by atoms with E-state index in [-0.39, 0.29) is 11.5 Å². The smallest absolute Gasteiger partial charge is 0.453 e. The first-order valence-corrected chi connectivity index (χ1v) is 8.21. The van der Waals surface area contributed by atoms with Crippen LogP contribution in [0.2, 0.25) is 0 Å². The first-order chi connectivity index (χ1) is 14.0. The van der Waals surface area contributed by atoms with Gasteiger partial charge in [0.15, 0.2) is 17.2 Å². The van der Waals surface area contributed by atoms with Crippen molar-refractivity contribution in [2.24, 2.45) is 0 Å². The molecule has 0 saturated heterocycles. The Bertz CT molecular complexity index is 1010. The summed E-state index contributed by atoms with van der Waals surface area (Å²) in [6, 6.07) is 14.3. The first kappa shape index (κ1) is 21.2. The monoisotopic (exact) mass is 429 g/mol. The van der Waals surface area contributed by atoms with Crippen molar-refractivity contribution in [1.82, 2.24) is 0 Å². The molecule has 0 N–H and O–H groups in total. The van der Waals surface area contributed by atoms with Gasteiger partial charge in [0.1, 0.15) is 5.75 Å². The molecule has 0 heterocycles. The highest BCUT2D eigenvalue weighted by Gasteiger charge is 2.38. The van der Waals surface area contributed by atoms with Gasteiger partial charge < -0.3 is 14.2 Å². The van der Waals surface area contributed by atoms with Crippen molar-refractivity contribution >= 4 is 0 Å². The molecule has 3 aromatic rings. The van der Waals surface area contributed by atoms with Crippen molar-refractivity contribution in [3.05, 3.63) is 66.7 Å². The van der Waals surface area contributed by atoms with E-state index in [0.29, 0.717) is 17.2 Å². The van der Waals surface area contributed by atoms with Crippen LogP contribution in [0.1, 0.15) is 0 Å². The van der Waals surface area contributed by atoms with Crippen LogP contribution < -0.4 is 14.2 Å². The minimum Gasteiger partial charge on any atom is -0.453 e. The highest BCUT2D eigenvalue weighted by molar-refractivity contribution is 5.71. The minimum absolute atomic E-state index is 0.0207. The van der Waals surface area contributed by atoms with Gasteiger partial charge in [-0.1, -0.05) is 36.4 Å². The Morgan fingerprint density at radius 2 is 1.17 bits per heavy atom. The van der Waals surface area contributed by atoms with Gasteiger partial charge in [-0.25, -0.2) is 0 Å². The molecule has 0 amide bonds. The van der Waals surface area contributed by atoms with E-state index in [2.05, 4.69) is 9.47 Å². The van der Waals surface area contributed by atoms with Crippen LogP contribution in [-0.4, -0.2) is 12.7 Å². The van der Waals surface area contributed by atoms with Crippen LogP contribution in [0.15, 0.2) is 66.7 Å². The van der Waals surface area contributed by atoms with Gasteiger partial charge in [-0.2, -0.15) is 0 Å². The molecule has 157 valence electrons. The molecule has 0 fully saturated rings. The van der Waals surface area contributed by atoms with Crippen molar-refractivity contribution in [3.8, 4) is 39.9 Å². The maximum absolute atomic E-state index is 12.8. The van der Waals surface area contributed by atoms with Crippen molar-refractivity contribution in [1.29, 1.82) is 0 Å². The predicted octanol–water partition coefficient (Wildman–Crippen LogP) is 7.09. The number of para-hydroxylation sites is 2. The molecule has 0 bridgehead atoms. The Kier molecular flexibility index (Phi) is 5.68. The second kappa shape index (κ2) is 8.05. The Hall–Kier alpha value is -3.56. The van der Waals surface area contributed by atoms with Gasteiger partial charge in [0.05, 0.1) is 0 Å². The van der Waals surface area contributed by atoms with E-state index in [9.17, 15) is 31.4 Å². The van der Waals surface area contributed by atoms with Gasteiger partial charge in [0.2, 0.25) is 5.75 Å². The molecule has 0 aliphatic rings. The van der Waals surface area contributed by atoms with Crippen LogP contribution in [0.4, 0.5) is 26.3 Å². The fourth-order valence-corrected chi connectivity index (χ4v) is 2.54. The van der Waals surface area contributed by atoms with Gasteiger partial charge >= 0.3 is 12.7 Å². The molecule has 3 rings (SSSR count). The van der Waals surface area contributed by atoms with E-state index < -0.39 is 30.0 Å². The van der Waals surface area contributed by atoms with Gasteiger partial charge in [0, 0.05) is 5.56 Å². The second-order valence-corrected chi connectivity index (χ2v) is 5.80. The standard InChI is InChI=1S/C20H11F6O4/c21-19(22,23)29-17-7-3-6-16(18(17)30-20(24,25)26)28-15-5-2-1-4-14(15)12-8-10-13(27)11-9-12/h1-11H. The molecule has 0 aromatic heterocycles. The summed E-state index contributed by atoms with van der Waals surface area (Å²) in [4.78, 5) is 0. The molecule has 1 radical (unpaired) electrons. The number of hydrogen-bond donors (Lipinski definition) is 0. The zero-order valence-corrected chi connectivity index (χ0v) is 14.8. The molecule has 0 spiro atoms. The van der Waals surface area contributed by atoms with Crippen molar-refractivity contribution in [2.75, 3.05) is 0 Å². The molecule has 0 saturated carbocycles. The largest absolute Gasteiger partial charge is 0.573 e. The fourth-order valence-electron chi connectivity index (χ4n) is 2.54. The third kappa shape index (κ3) is 5.49. The number of alkyl halides is 6. The Balaban J connectivity index is 2.05. The summed E-state index contributed by atoms with van der Waals surface area (Å²) in [5, 5.41) is 11.3. The molecule has 30 heavy (non-hydrogen) atoms. The average Bonchev–Trinajstić information content (AvgIpc) is 2.63. The van der Waals surface area contributed by atoms with Gasteiger partial charge in [-0.3, -0.25) is 5.11 Å². The number of ether oxygens (including phenoxy) is 3. The number of benzene rings is 3. The predicted molar refractivity (Wildman–Crippen MR) is 91.9 cm³/mol. The maximum atomic E-state index is 12.8. The second-order valence-electron chi connectivity index (χ2n) is 5.80. The highest BCUT2D eigenvalue weighted by atomic mass is 19.4. The molecule has 0 aliphatic heterocycles. The Morgan fingerprint density at radius 3 is 1.80 bits per heavy atom. The van der Waals surface area contributed by atoms with Crippen LogP contribution in [0.5, 0.6) is 28.7 Å². The fraction of sp³-hybridized carbons (Fsp3) is 0.100. The van der Waals surface area contributed by atoms with Gasteiger partial charge in [-0.15, -0.1) is 26.3 Å². The topological polar surface area (TPSA) is 47.6 Å². The first-order valence-electron chi connectivity index (χ1n) is 8.21. The summed E-state index contributed by atoms with van der Waals surface area (Å²) in [5.74, 6) is -3.39. The molecular formula is C20H11F6O4. The van der Waals surface area contributed by atoms with Gasteiger partial charge in [0.25, 0.3) is 0 Å². The van der Waals surface area contributed by atoms with E-state index in [0.717, 1.165) is 12.1 Å². The highest BCUT2D eigenvalue weighted by Crippen LogP contribution is 2.45. The molecule has 0 atom stereocenters. The lowest BCUT2D eigenvalue weighted by atomic mass is 10.0. The van der Waals surface area contributed by atoms with Crippen LogP contribution in [0.3, 0.4) is 0 Å². The molecule has 3 aromatic carbocycles. The molecule has 0 aliphatic carbocycles. The van der Waals surface area contributed by atoms with Crippen LogP contribution in [0.25, 0.3) is 11.1 Å². The molecule has 10 heteroatoms.